The molecule has 3 rings (SSSR count). The van der Waals surface area contributed by atoms with E-state index in [0.29, 0.717) is 5.25 Å². The van der Waals surface area contributed by atoms with Gasteiger partial charge in [0.15, 0.2) is 5.16 Å². The van der Waals surface area contributed by atoms with E-state index in [4.69, 9.17) is 0 Å². The van der Waals surface area contributed by atoms with Crippen molar-refractivity contribution < 1.29 is 4.39 Å². The monoisotopic (exact) mass is 265 g/mol. The zero-order chi connectivity index (χ0) is 12.5. The van der Waals surface area contributed by atoms with Crippen molar-refractivity contribution in [1.29, 1.82) is 0 Å². The van der Waals surface area contributed by atoms with Crippen LogP contribution in [0.15, 0.2) is 23.4 Å². The number of nitrogens with one attached hydrogen (secondary N) is 1. The maximum atomic E-state index is 13.2. The van der Waals surface area contributed by atoms with E-state index in [2.05, 4.69) is 14.9 Å². The number of halogens is 1. The topological polar surface area (TPSA) is 29.9 Å². The van der Waals surface area contributed by atoms with Crippen molar-refractivity contribution in [3.8, 4) is 0 Å². The van der Waals surface area contributed by atoms with E-state index in [0.717, 1.165) is 29.3 Å². The lowest BCUT2D eigenvalue weighted by Crippen LogP contribution is -2.29. The number of nitrogens with zero attached hydrogens (tertiary/aromatic N) is 2. The standard InChI is InChI=1S/C13H16FN3S/c1-17-12-3-2-9(14)8-11(12)16-13(17)18-10-4-6-15-7-5-10/h2-3,8,10,15H,4-7H2,1H3. The Morgan fingerprint density at radius 1 is 1.39 bits per heavy atom. The molecule has 5 heteroatoms. The van der Waals surface area contributed by atoms with Gasteiger partial charge in [0.2, 0.25) is 0 Å². The lowest BCUT2D eigenvalue weighted by atomic mass is 10.2. The van der Waals surface area contributed by atoms with E-state index in [9.17, 15) is 4.39 Å². The average Bonchev–Trinajstić information content (AvgIpc) is 2.67. The Kier molecular flexibility index (Phi) is 3.26. The molecule has 0 atom stereocenters. The highest BCUT2D eigenvalue weighted by atomic mass is 32.2. The van der Waals surface area contributed by atoms with Crippen LogP contribution in [0.2, 0.25) is 0 Å². The van der Waals surface area contributed by atoms with Gasteiger partial charge in [-0.15, -0.1) is 0 Å². The number of hydrogen-bond donors (Lipinski definition) is 1. The molecule has 0 spiro atoms. The highest BCUT2D eigenvalue weighted by molar-refractivity contribution is 7.99. The summed E-state index contributed by atoms with van der Waals surface area (Å²) in [5, 5.41) is 4.96. The third kappa shape index (κ3) is 2.24. The van der Waals surface area contributed by atoms with Crippen LogP contribution in [0.25, 0.3) is 11.0 Å². The number of piperidine rings is 1. The number of imidazole rings is 1. The maximum Gasteiger partial charge on any atom is 0.169 e. The van der Waals surface area contributed by atoms with E-state index < -0.39 is 0 Å². The van der Waals surface area contributed by atoms with Crippen molar-refractivity contribution in [2.24, 2.45) is 7.05 Å². The van der Waals surface area contributed by atoms with Crippen molar-refractivity contribution in [3.63, 3.8) is 0 Å². The molecule has 1 aromatic carbocycles. The van der Waals surface area contributed by atoms with Crippen LogP contribution in [0.5, 0.6) is 0 Å². The summed E-state index contributed by atoms with van der Waals surface area (Å²) in [6.45, 7) is 2.16. The first kappa shape index (κ1) is 12.0. The number of aromatic nitrogens is 2. The Labute approximate surface area is 110 Å². The molecule has 1 saturated heterocycles. The van der Waals surface area contributed by atoms with Gasteiger partial charge in [-0.25, -0.2) is 9.37 Å². The van der Waals surface area contributed by atoms with Crippen molar-refractivity contribution >= 4 is 22.8 Å². The molecule has 1 aliphatic heterocycles. The van der Waals surface area contributed by atoms with E-state index in [-0.39, 0.29) is 5.82 Å². The van der Waals surface area contributed by atoms with E-state index in [1.54, 1.807) is 6.07 Å². The number of thioether (sulfide) groups is 1. The second-order valence-corrected chi connectivity index (χ2v) is 5.92. The largest absolute Gasteiger partial charge is 0.322 e. The zero-order valence-corrected chi connectivity index (χ0v) is 11.1. The molecule has 0 unspecified atom stereocenters. The third-order valence-electron chi connectivity index (χ3n) is 3.36. The fraction of sp³-hybridized carbons (Fsp3) is 0.462. The molecule has 2 aromatic rings. The van der Waals surface area contributed by atoms with Crippen LogP contribution >= 0.6 is 11.8 Å². The van der Waals surface area contributed by atoms with Gasteiger partial charge >= 0.3 is 0 Å². The SMILES string of the molecule is Cn1c(SC2CCNCC2)nc2cc(F)ccc21. The summed E-state index contributed by atoms with van der Waals surface area (Å²) in [4.78, 5) is 4.53. The van der Waals surface area contributed by atoms with E-state index >= 15 is 0 Å². The Bertz CT molecular complexity index is 561. The quantitative estimate of drug-likeness (QED) is 0.905. The first-order valence-electron chi connectivity index (χ1n) is 6.23. The summed E-state index contributed by atoms with van der Waals surface area (Å²) in [5.41, 5.74) is 1.74. The number of rotatable bonds is 2. The number of aryl methyl sites for hydroxylation is 1. The number of hydrogen-bond acceptors (Lipinski definition) is 3. The number of fused-ring (bicyclic) bond motifs is 1. The molecule has 2 heterocycles. The van der Waals surface area contributed by atoms with Crippen LogP contribution in [-0.4, -0.2) is 27.9 Å². The Morgan fingerprint density at radius 2 is 2.17 bits per heavy atom. The van der Waals surface area contributed by atoms with Gasteiger partial charge < -0.3 is 9.88 Å². The predicted molar refractivity (Wildman–Crippen MR) is 72.4 cm³/mol. The highest BCUT2D eigenvalue weighted by Crippen LogP contribution is 2.30. The lowest BCUT2D eigenvalue weighted by molar-refractivity contribution is 0.530. The molecule has 0 aliphatic carbocycles. The minimum atomic E-state index is -0.223. The summed E-state index contributed by atoms with van der Waals surface area (Å²) in [7, 11) is 2.00. The molecule has 1 aromatic heterocycles. The normalized spacial score (nSPS) is 17.4. The summed E-state index contributed by atoms with van der Waals surface area (Å²) >= 11 is 1.81. The van der Waals surface area contributed by atoms with Gasteiger partial charge in [-0.05, 0) is 38.1 Å². The van der Waals surface area contributed by atoms with Crippen LogP contribution < -0.4 is 5.32 Å². The third-order valence-corrected chi connectivity index (χ3v) is 4.74. The fourth-order valence-corrected chi connectivity index (χ4v) is 3.50. The Hall–Kier alpha value is -1.07. The van der Waals surface area contributed by atoms with Crippen LogP contribution in [0, 0.1) is 5.82 Å². The molecular weight excluding hydrogens is 249 g/mol. The molecule has 3 nitrogen and oxygen atoms in total. The second kappa shape index (κ2) is 4.90. The molecule has 1 aliphatic rings. The molecule has 0 amide bonds. The van der Waals surface area contributed by atoms with Gasteiger partial charge in [-0.3, -0.25) is 0 Å². The first-order chi connectivity index (χ1) is 8.74. The smallest absolute Gasteiger partial charge is 0.169 e. The second-order valence-electron chi connectivity index (χ2n) is 4.65. The molecule has 0 radical (unpaired) electrons. The van der Waals surface area contributed by atoms with Crippen molar-refractivity contribution in [1.82, 2.24) is 14.9 Å². The summed E-state index contributed by atoms with van der Waals surface area (Å²) < 4.78 is 15.2. The highest BCUT2D eigenvalue weighted by Gasteiger charge is 2.18. The summed E-state index contributed by atoms with van der Waals surface area (Å²) in [5.74, 6) is -0.223. The molecule has 0 bridgehead atoms. The summed E-state index contributed by atoms with van der Waals surface area (Å²) in [6.07, 6.45) is 2.34. The zero-order valence-electron chi connectivity index (χ0n) is 10.3. The van der Waals surface area contributed by atoms with Crippen LogP contribution in [-0.2, 0) is 7.05 Å². The number of benzene rings is 1. The van der Waals surface area contributed by atoms with Gasteiger partial charge in [0, 0.05) is 18.4 Å². The predicted octanol–water partition coefficient (Wildman–Crippen LogP) is 2.56. The Balaban J connectivity index is 1.89. The molecule has 1 fully saturated rings. The fourth-order valence-electron chi connectivity index (χ4n) is 2.32. The molecule has 1 N–H and O–H groups in total. The van der Waals surface area contributed by atoms with Gasteiger partial charge in [0.25, 0.3) is 0 Å². The van der Waals surface area contributed by atoms with Crippen LogP contribution in [0.4, 0.5) is 4.39 Å². The lowest BCUT2D eigenvalue weighted by Gasteiger charge is -2.21. The minimum absolute atomic E-state index is 0.223. The molecule has 0 saturated carbocycles. The van der Waals surface area contributed by atoms with E-state index in [1.807, 2.05) is 18.8 Å². The van der Waals surface area contributed by atoms with Crippen LogP contribution in [0.1, 0.15) is 12.8 Å². The summed E-state index contributed by atoms with van der Waals surface area (Å²) in [6, 6.07) is 4.79. The van der Waals surface area contributed by atoms with Gasteiger partial charge in [0.05, 0.1) is 11.0 Å². The molecule has 18 heavy (non-hydrogen) atoms. The molecule has 96 valence electrons. The van der Waals surface area contributed by atoms with Crippen LogP contribution in [0.3, 0.4) is 0 Å². The minimum Gasteiger partial charge on any atom is -0.322 e. The van der Waals surface area contributed by atoms with E-state index in [1.165, 1.54) is 25.0 Å². The van der Waals surface area contributed by atoms with Gasteiger partial charge in [-0.2, -0.15) is 0 Å². The van der Waals surface area contributed by atoms with Gasteiger partial charge in [-0.1, -0.05) is 11.8 Å². The molecular formula is C13H16FN3S. The van der Waals surface area contributed by atoms with Gasteiger partial charge in [0.1, 0.15) is 5.82 Å². The first-order valence-corrected chi connectivity index (χ1v) is 7.11. The van der Waals surface area contributed by atoms with Crippen molar-refractivity contribution in [3.05, 3.63) is 24.0 Å². The average molecular weight is 265 g/mol. The van der Waals surface area contributed by atoms with Crippen molar-refractivity contribution in [2.45, 2.75) is 23.2 Å². The maximum absolute atomic E-state index is 13.2. The van der Waals surface area contributed by atoms with Crippen molar-refractivity contribution in [2.75, 3.05) is 13.1 Å². The Morgan fingerprint density at radius 3 is 2.94 bits per heavy atom.